The molecule has 0 bridgehead atoms. The van der Waals surface area contributed by atoms with E-state index in [1.165, 1.54) is 0 Å². The molecule has 1 aromatic rings. The van der Waals surface area contributed by atoms with Gasteiger partial charge in [0.25, 0.3) is 0 Å². The smallest absolute Gasteiger partial charge is 0.225 e. The maximum atomic E-state index is 12.2. The van der Waals surface area contributed by atoms with Gasteiger partial charge in [0.1, 0.15) is 0 Å². The Morgan fingerprint density at radius 1 is 1.23 bits per heavy atom. The van der Waals surface area contributed by atoms with Gasteiger partial charge < -0.3 is 10.0 Å². The Balaban J connectivity index is 1.76. The minimum atomic E-state index is -0.0183. The van der Waals surface area contributed by atoms with Crippen LogP contribution in [0.3, 0.4) is 0 Å². The van der Waals surface area contributed by atoms with Crippen molar-refractivity contribution >= 4 is 11.7 Å². The SMILES string of the molecule is CC1(C)CC(=O)c2cnc(N3CCN(CCO)CC3)nc2C1. The lowest BCUT2D eigenvalue weighted by molar-refractivity contribution is 0.0909. The zero-order chi connectivity index (χ0) is 15.7. The Morgan fingerprint density at radius 2 is 1.95 bits per heavy atom. The van der Waals surface area contributed by atoms with Crippen LogP contribution >= 0.6 is 0 Å². The number of hydrogen-bond acceptors (Lipinski definition) is 6. The van der Waals surface area contributed by atoms with Crippen molar-refractivity contribution in [3.05, 3.63) is 17.5 Å². The normalized spacial score (nSPS) is 21.8. The number of anilines is 1. The molecular weight excluding hydrogens is 280 g/mol. The van der Waals surface area contributed by atoms with Crippen molar-refractivity contribution in [2.45, 2.75) is 26.7 Å². The third-order valence-electron chi connectivity index (χ3n) is 4.51. The number of aromatic nitrogens is 2. The lowest BCUT2D eigenvalue weighted by atomic mass is 9.76. The number of aliphatic hydroxyl groups excluding tert-OH is 1. The van der Waals surface area contributed by atoms with E-state index in [0.717, 1.165) is 50.8 Å². The number of ketones is 1. The molecule has 3 rings (SSSR count). The van der Waals surface area contributed by atoms with E-state index in [2.05, 4.69) is 33.6 Å². The standard InChI is InChI=1S/C16H24N4O2/c1-16(2)9-13-12(14(22)10-16)11-17-15(18-13)20-5-3-19(4-6-20)7-8-21/h11,21H,3-10H2,1-2H3. The van der Waals surface area contributed by atoms with Gasteiger partial charge in [-0.25, -0.2) is 9.97 Å². The number of hydrogen-bond donors (Lipinski definition) is 1. The summed E-state index contributed by atoms with van der Waals surface area (Å²) in [6.45, 7) is 8.68. The van der Waals surface area contributed by atoms with Crippen LogP contribution < -0.4 is 4.90 Å². The minimum absolute atomic E-state index is 0.0183. The van der Waals surface area contributed by atoms with E-state index in [1.54, 1.807) is 6.20 Å². The van der Waals surface area contributed by atoms with E-state index in [9.17, 15) is 4.79 Å². The summed E-state index contributed by atoms with van der Waals surface area (Å²) in [5, 5.41) is 9.00. The predicted octanol–water partition coefficient (Wildman–Crippen LogP) is 0.746. The zero-order valence-electron chi connectivity index (χ0n) is 13.4. The molecule has 2 heterocycles. The molecule has 6 nitrogen and oxygen atoms in total. The second-order valence-corrected chi connectivity index (χ2v) is 7.02. The van der Waals surface area contributed by atoms with Crippen molar-refractivity contribution < 1.29 is 9.90 Å². The van der Waals surface area contributed by atoms with Crippen LogP contribution in [0.4, 0.5) is 5.95 Å². The van der Waals surface area contributed by atoms with Gasteiger partial charge in [-0.1, -0.05) is 13.8 Å². The number of carbonyl (C=O) groups excluding carboxylic acids is 1. The van der Waals surface area contributed by atoms with Crippen LogP contribution in [-0.2, 0) is 6.42 Å². The van der Waals surface area contributed by atoms with Gasteiger partial charge in [-0.15, -0.1) is 0 Å². The molecule has 2 aliphatic rings. The average Bonchev–Trinajstić information content (AvgIpc) is 2.46. The molecule has 0 saturated carbocycles. The van der Waals surface area contributed by atoms with E-state index >= 15 is 0 Å². The second-order valence-electron chi connectivity index (χ2n) is 7.02. The molecule has 0 unspecified atom stereocenters. The monoisotopic (exact) mass is 304 g/mol. The number of fused-ring (bicyclic) bond motifs is 1. The topological polar surface area (TPSA) is 69.6 Å². The van der Waals surface area contributed by atoms with E-state index < -0.39 is 0 Å². The highest BCUT2D eigenvalue weighted by molar-refractivity contribution is 5.98. The number of aliphatic hydroxyl groups is 1. The summed E-state index contributed by atoms with van der Waals surface area (Å²) < 4.78 is 0. The first-order valence-corrected chi connectivity index (χ1v) is 7.96. The van der Waals surface area contributed by atoms with Crippen molar-refractivity contribution in [3.8, 4) is 0 Å². The van der Waals surface area contributed by atoms with E-state index in [-0.39, 0.29) is 17.8 Å². The van der Waals surface area contributed by atoms with Crippen molar-refractivity contribution in [3.63, 3.8) is 0 Å². The quantitative estimate of drug-likeness (QED) is 0.888. The van der Waals surface area contributed by atoms with Crippen LogP contribution in [0.2, 0.25) is 0 Å². The molecule has 1 fully saturated rings. The third kappa shape index (κ3) is 3.13. The number of nitrogens with zero attached hydrogens (tertiary/aromatic N) is 4. The fourth-order valence-corrected chi connectivity index (χ4v) is 3.29. The van der Waals surface area contributed by atoms with Crippen LogP contribution in [0.15, 0.2) is 6.20 Å². The first-order valence-electron chi connectivity index (χ1n) is 7.96. The summed E-state index contributed by atoms with van der Waals surface area (Å²) in [5.74, 6) is 0.887. The van der Waals surface area contributed by atoms with E-state index in [0.29, 0.717) is 12.0 Å². The number of Topliss-reactive ketones (excluding diaryl/α,β-unsaturated/α-hetero) is 1. The average molecular weight is 304 g/mol. The Hall–Kier alpha value is -1.53. The largest absolute Gasteiger partial charge is 0.395 e. The van der Waals surface area contributed by atoms with Crippen LogP contribution in [0, 0.1) is 5.41 Å². The van der Waals surface area contributed by atoms with Gasteiger partial charge >= 0.3 is 0 Å². The molecule has 1 aliphatic heterocycles. The van der Waals surface area contributed by atoms with Crippen LogP contribution in [-0.4, -0.2) is 65.1 Å². The summed E-state index contributed by atoms with van der Waals surface area (Å²) in [6, 6.07) is 0. The molecule has 120 valence electrons. The highest BCUT2D eigenvalue weighted by atomic mass is 16.3. The molecule has 22 heavy (non-hydrogen) atoms. The lowest BCUT2D eigenvalue weighted by Crippen LogP contribution is -2.48. The number of rotatable bonds is 3. The molecule has 0 aromatic carbocycles. The third-order valence-corrected chi connectivity index (χ3v) is 4.51. The van der Waals surface area contributed by atoms with Gasteiger partial charge in [0.05, 0.1) is 17.9 Å². The highest BCUT2D eigenvalue weighted by Crippen LogP contribution is 2.34. The molecular formula is C16H24N4O2. The molecule has 0 radical (unpaired) electrons. The fourth-order valence-electron chi connectivity index (χ4n) is 3.29. The number of β-amino-alcohol motifs (C(OH)–C–C–N with tert-alkyl or cyclic N) is 1. The molecule has 0 spiro atoms. The van der Waals surface area contributed by atoms with Crippen LogP contribution in [0.25, 0.3) is 0 Å². The van der Waals surface area contributed by atoms with E-state index in [4.69, 9.17) is 5.11 Å². The summed E-state index contributed by atoms with van der Waals surface area (Å²) in [6.07, 6.45) is 3.10. The molecule has 6 heteroatoms. The minimum Gasteiger partial charge on any atom is -0.395 e. The molecule has 1 aliphatic carbocycles. The highest BCUT2D eigenvalue weighted by Gasteiger charge is 2.33. The van der Waals surface area contributed by atoms with Gasteiger partial charge in [-0.3, -0.25) is 9.69 Å². The van der Waals surface area contributed by atoms with Crippen molar-refractivity contribution in [2.24, 2.45) is 5.41 Å². The van der Waals surface area contributed by atoms with Gasteiger partial charge in [0.2, 0.25) is 5.95 Å². The van der Waals surface area contributed by atoms with Crippen molar-refractivity contribution in [1.29, 1.82) is 0 Å². The van der Waals surface area contributed by atoms with Crippen molar-refractivity contribution in [1.82, 2.24) is 14.9 Å². The molecule has 1 saturated heterocycles. The maximum Gasteiger partial charge on any atom is 0.225 e. The summed E-state index contributed by atoms with van der Waals surface area (Å²) in [5.41, 5.74) is 1.57. The first-order chi connectivity index (χ1) is 10.5. The number of piperazine rings is 1. The van der Waals surface area contributed by atoms with Gasteiger partial charge in [-0.05, 0) is 11.8 Å². The number of carbonyl (C=O) groups is 1. The lowest BCUT2D eigenvalue weighted by Gasteiger charge is -2.35. The van der Waals surface area contributed by atoms with Crippen molar-refractivity contribution in [2.75, 3.05) is 44.2 Å². The Kier molecular flexibility index (Phi) is 4.14. The Labute approximate surface area is 131 Å². The summed E-state index contributed by atoms with van der Waals surface area (Å²) >= 11 is 0. The van der Waals surface area contributed by atoms with Gasteiger partial charge in [-0.2, -0.15) is 0 Å². The van der Waals surface area contributed by atoms with Crippen LogP contribution in [0.1, 0.15) is 36.3 Å². The molecule has 0 amide bonds. The second kappa shape index (κ2) is 5.93. The zero-order valence-corrected chi connectivity index (χ0v) is 13.4. The summed E-state index contributed by atoms with van der Waals surface area (Å²) in [7, 11) is 0. The van der Waals surface area contributed by atoms with Gasteiger partial charge in [0.15, 0.2) is 5.78 Å². The summed E-state index contributed by atoms with van der Waals surface area (Å²) in [4.78, 5) is 25.7. The molecule has 0 atom stereocenters. The molecule has 1 aromatic heterocycles. The molecule has 1 N–H and O–H groups in total. The predicted molar refractivity (Wildman–Crippen MR) is 84.2 cm³/mol. The van der Waals surface area contributed by atoms with Gasteiger partial charge in [0, 0.05) is 45.3 Å². The maximum absolute atomic E-state index is 12.2. The first kappa shape index (κ1) is 15.4. The fraction of sp³-hybridized carbons (Fsp3) is 0.688. The Bertz CT molecular complexity index is 565. The van der Waals surface area contributed by atoms with Crippen LogP contribution in [0.5, 0.6) is 0 Å². The Morgan fingerprint density at radius 3 is 2.64 bits per heavy atom. The van der Waals surface area contributed by atoms with E-state index in [1.807, 2.05) is 0 Å².